The van der Waals surface area contributed by atoms with Crippen LogP contribution in [-0.4, -0.2) is 51.7 Å². The molecule has 1 fully saturated rings. The summed E-state index contributed by atoms with van der Waals surface area (Å²) in [5.41, 5.74) is 0.344. The SMILES string of the molecule is COc1ccc(N([C@@H](C)C(=O)N(C)C2CCCCC2)S(C)(=O)=O)cc1Cl. The van der Waals surface area contributed by atoms with E-state index in [1.165, 1.54) is 19.6 Å². The Balaban J connectivity index is 2.31. The van der Waals surface area contributed by atoms with Crippen LogP contribution in [0.4, 0.5) is 5.69 Å². The highest BCUT2D eigenvalue weighted by atomic mass is 35.5. The van der Waals surface area contributed by atoms with Gasteiger partial charge in [-0.25, -0.2) is 8.42 Å². The van der Waals surface area contributed by atoms with Crippen molar-refractivity contribution >= 4 is 33.2 Å². The van der Waals surface area contributed by atoms with Crippen LogP contribution < -0.4 is 9.04 Å². The van der Waals surface area contributed by atoms with E-state index in [0.717, 1.165) is 36.2 Å². The normalized spacial score (nSPS) is 16.8. The van der Waals surface area contributed by atoms with Crippen LogP contribution in [-0.2, 0) is 14.8 Å². The third-order valence-electron chi connectivity index (χ3n) is 4.93. The monoisotopic (exact) mass is 402 g/mol. The van der Waals surface area contributed by atoms with Crippen LogP contribution in [0.5, 0.6) is 5.75 Å². The number of ether oxygens (including phenoxy) is 1. The van der Waals surface area contributed by atoms with Crippen LogP contribution in [0.15, 0.2) is 18.2 Å². The predicted octanol–water partition coefficient (Wildman–Crippen LogP) is 3.29. The van der Waals surface area contributed by atoms with E-state index >= 15 is 0 Å². The van der Waals surface area contributed by atoms with Crippen molar-refractivity contribution in [1.82, 2.24) is 4.90 Å². The van der Waals surface area contributed by atoms with Crippen molar-refractivity contribution in [1.29, 1.82) is 0 Å². The van der Waals surface area contributed by atoms with Gasteiger partial charge in [0.1, 0.15) is 11.8 Å². The molecule has 1 aromatic carbocycles. The summed E-state index contributed by atoms with van der Waals surface area (Å²) in [4.78, 5) is 14.7. The van der Waals surface area contributed by atoms with E-state index in [-0.39, 0.29) is 11.9 Å². The smallest absolute Gasteiger partial charge is 0.246 e. The average Bonchev–Trinajstić information content (AvgIpc) is 2.60. The molecule has 0 unspecified atom stereocenters. The van der Waals surface area contributed by atoms with E-state index in [0.29, 0.717) is 16.5 Å². The van der Waals surface area contributed by atoms with E-state index in [4.69, 9.17) is 16.3 Å². The van der Waals surface area contributed by atoms with Gasteiger partial charge in [-0.05, 0) is 38.0 Å². The molecule has 2 rings (SSSR count). The van der Waals surface area contributed by atoms with Gasteiger partial charge < -0.3 is 9.64 Å². The summed E-state index contributed by atoms with van der Waals surface area (Å²) in [5.74, 6) is 0.233. The van der Waals surface area contributed by atoms with Crippen molar-refractivity contribution in [3.8, 4) is 5.75 Å². The molecule has 0 spiro atoms. The van der Waals surface area contributed by atoms with Gasteiger partial charge in [-0.1, -0.05) is 30.9 Å². The molecule has 1 amide bonds. The molecular weight excluding hydrogens is 376 g/mol. The number of rotatable bonds is 6. The second-order valence-corrected chi connectivity index (χ2v) is 9.06. The minimum atomic E-state index is -3.68. The Morgan fingerprint density at radius 2 is 1.88 bits per heavy atom. The molecule has 146 valence electrons. The number of nitrogens with zero attached hydrogens (tertiary/aromatic N) is 2. The highest BCUT2D eigenvalue weighted by molar-refractivity contribution is 7.92. The van der Waals surface area contributed by atoms with Gasteiger partial charge in [-0.3, -0.25) is 9.10 Å². The van der Waals surface area contributed by atoms with Crippen molar-refractivity contribution in [2.24, 2.45) is 0 Å². The molecule has 1 aliphatic carbocycles. The lowest BCUT2D eigenvalue weighted by Gasteiger charge is -2.36. The zero-order valence-corrected chi connectivity index (χ0v) is 17.3. The second kappa shape index (κ2) is 8.48. The van der Waals surface area contributed by atoms with E-state index in [1.807, 2.05) is 0 Å². The second-order valence-electron chi connectivity index (χ2n) is 6.79. The van der Waals surface area contributed by atoms with Crippen LogP contribution in [0, 0.1) is 0 Å². The molecule has 26 heavy (non-hydrogen) atoms. The summed E-state index contributed by atoms with van der Waals surface area (Å²) in [6, 6.07) is 4.00. The maximum absolute atomic E-state index is 13.0. The van der Waals surface area contributed by atoms with Gasteiger partial charge in [0.25, 0.3) is 0 Å². The van der Waals surface area contributed by atoms with Crippen LogP contribution in [0.25, 0.3) is 0 Å². The van der Waals surface area contributed by atoms with Crippen molar-refractivity contribution in [2.75, 3.05) is 24.7 Å². The number of carbonyl (C=O) groups is 1. The Morgan fingerprint density at radius 1 is 1.27 bits per heavy atom. The van der Waals surface area contributed by atoms with Gasteiger partial charge in [0, 0.05) is 13.1 Å². The number of benzene rings is 1. The molecule has 1 aliphatic rings. The maximum atomic E-state index is 13.0. The Kier molecular flexibility index (Phi) is 6.80. The lowest BCUT2D eigenvalue weighted by molar-refractivity contribution is -0.133. The number of sulfonamides is 1. The van der Waals surface area contributed by atoms with E-state index in [9.17, 15) is 13.2 Å². The highest BCUT2D eigenvalue weighted by Crippen LogP contribution is 2.32. The van der Waals surface area contributed by atoms with Gasteiger partial charge in [0.05, 0.1) is 24.1 Å². The number of amides is 1. The predicted molar refractivity (Wildman–Crippen MR) is 104 cm³/mol. The number of halogens is 1. The quantitative estimate of drug-likeness (QED) is 0.732. The lowest BCUT2D eigenvalue weighted by Crippen LogP contribution is -2.51. The number of anilines is 1. The van der Waals surface area contributed by atoms with Crippen LogP contribution in [0.1, 0.15) is 39.0 Å². The molecule has 1 saturated carbocycles. The molecule has 0 radical (unpaired) electrons. The van der Waals surface area contributed by atoms with E-state index in [2.05, 4.69) is 0 Å². The summed E-state index contributed by atoms with van der Waals surface area (Å²) < 4.78 is 31.1. The van der Waals surface area contributed by atoms with E-state index in [1.54, 1.807) is 31.0 Å². The van der Waals surface area contributed by atoms with Gasteiger partial charge >= 0.3 is 0 Å². The molecule has 0 aliphatic heterocycles. The Hall–Kier alpha value is -1.47. The number of hydrogen-bond acceptors (Lipinski definition) is 4. The molecule has 8 heteroatoms. The highest BCUT2D eigenvalue weighted by Gasteiger charge is 2.33. The minimum absolute atomic E-state index is 0.166. The molecule has 0 heterocycles. The number of likely N-dealkylation sites (N-methyl/N-ethyl adjacent to an activating group) is 1. The van der Waals surface area contributed by atoms with Crippen molar-refractivity contribution in [2.45, 2.75) is 51.1 Å². The van der Waals surface area contributed by atoms with E-state index < -0.39 is 16.1 Å². The van der Waals surface area contributed by atoms with Gasteiger partial charge in [-0.15, -0.1) is 0 Å². The van der Waals surface area contributed by atoms with Crippen LogP contribution >= 0.6 is 11.6 Å². The Bertz CT molecular complexity index is 748. The van der Waals surface area contributed by atoms with Crippen molar-refractivity contribution < 1.29 is 17.9 Å². The topological polar surface area (TPSA) is 66.9 Å². The minimum Gasteiger partial charge on any atom is -0.495 e. The fourth-order valence-corrected chi connectivity index (χ4v) is 4.95. The molecular formula is C18H27ClN2O4S. The first-order valence-corrected chi connectivity index (χ1v) is 11.0. The Labute approximate surface area is 161 Å². The molecule has 0 N–H and O–H groups in total. The summed E-state index contributed by atoms with van der Waals surface area (Å²) in [6.07, 6.45) is 6.40. The summed E-state index contributed by atoms with van der Waals surface area (Å²) in [5, 5.41) is 0.291. The molecule has 0 saturated heterocycles. The zero-order chi connectivity index (χ0) is 19.5. The van der Waals surface area contributed by atoms with Crippen LogP contribution in [0.2, 0.25) is 5.02 Å². The maximum Gasteiger partial charge on any atom is 0.246 e. The van der Waals surface area contributed by atoms with Gasteiger partial charge in [-0.2, -0.15) is 0 Å². The average molecular weight is 403 g/mol. The molecule has 0 bridgehead atoms. The van der Waals surface area contributed by atoms with Crippen molar-refractivity contribution in [3.05, 3.63) is 23.2 Å². The molecule has 1 atom stereocenters. The third-order valence-corrected chi connectivity index (χ3v) is 6.46. The fraction of sp³-hybridized carbons (Fsp3) is 0.611. The number of carbonyl (C=O) groups excluding carboxylic acids is 1. The van der Waals surface area contributed by atoms with Gasteiger partial charge in [0.2, 0.25) is 15.9 Å². The third kappa shape index (κ3) is 4.62. The van der Waals surface area contributed by atoms with Crippen molar-refractivity contribution in [3.63, 3.8) is 0 Å². The molecule has 1 aromatic rings. The number of hydrogen-bond donors (Lipinski definition) is 0. The standard InChI is InChI=1S/C18H27ClN2O4S/c1-13(18(22)20(2)14-8-6-5-7-9-14)21(26(4,23)24)15-10-11-17(25-3)16(19)12-15/h10-14H,5-9H2,1-4H3/t13-/m0/s1. The first-order valence-electron chi connectivity index (χ1n) is 8.76. The lowest BCUT2D eigenvalue weighted by atomic mass is 9.94. The summed E-state index contributed by atoms with van der Waals surface area (Å²) in [6.45, 7) is 1.61. The molecule has 0 aromatic heterocycles. The number of methoxy groups -OCH3 is 1. The fourth-order valence-electron chi connectivity index (χ4n) is 3.54. The summed E-state index contributed by atoms with van der Waals surface area (Å²) in [7, 11) is -0.430. The van der Waals surface area contributed by atoms with Crippen LogP contribution in [0.3, 0.4) is 0 Å². The van der Waals surface area contributed by atoms with Gasteiger partial charge in [0.15, 0.2) is 0 Å². The first-order chi connectivity index (χ1) is 12.2. The Morgan fingerprint density at radius 3 is 2.38 bits per heavy atom. The largest absolute Gasteiger partial charge is 0.495 e. The molecule has 6 nitrogen and oxygen atoms in total. The summed E-state index contributed by atoms with van der Waals surface area (Å²) >= 11 is 6.15. The first kappa shape index (κ1) is 20.8. The zero-order valence-electron chi connectivity index (χ0n) is 15.7.